The molecule has 0 bridgehead atoms. The van der Waals surface area contributed by atoms with E-state index >= 15 is 0 Å². The summed E-state index contributed by atoms with van der Waals surface area (Å²) in [5, 5.41) is 14.5. The van der Waals surface area contributed by atoms with Gasteiger partial charge in [0, 0.05) is 16.8 Å². The van der Waals surface area contributed by atoms with Gasteiger partial charge in [0.2, 0.25) is 0 Å². The minimum absolute atomic E-state index is 0.117. The maximum Gasteiger partial charge on any atom is 0.272 e. The number of aromatic nitrogens is 2. The van der Waals surface area contributed by atoms with Crippen LogP contribution in [0.2, 0.25) is 5.02 Å². The molecule has 1 heterocycles. The first kappa shape index (κ1) is 15.3. The van der Waals surface area contributed by atoms with Crippen LogP contribution in [0.3, 0.4) is 0 Å². The molecule has 5 nitrogen and oxygen atoms in total. The van der Waals surface area contributed by atoms with Crippen LogP contribution in [0.15, 0.2) is 36.4 Å². The molecular formula is C15H17ClN4O. The number of carbonyl (C=O) groups is 1. The fourth-order valence-electron chi connectivity index (χ4n) is 1.60. The van der Waals surface area contributed by atoms with E-state index in [9.17, 15) is 4.79 Å². The molecule has 1 unspecified atom stereocenters. The molecule has 0 fully saturated rings. The Morgan fingerprint density at radius 3 is 2.48 bits per heavy atom. The van der Waals surface area contributed by atoms with E-state index in [-0.39, 0.29) is 11.9 Å². The Kier molecular flexibility index (Phi) is 5.11. The zero-order chi connectivity index (χ0) is 15.2. The number of hydrogen-bond acceptors (Lipinski definition) is 4. The number of hydrogen-bond donors (Lipinski definition) is 2. The molecule has 0 aliphatic heterocycles. The van der Waals surface area contributed by atoms with Crippen molar-refractivity contribution < 1.29 is 4.79 Å². The lowest BCUT2D eigenvalue weighted by Crippen LogP contribution is -2.32. The van der Waals surface area contributed by atoms with Crippen molar-refractivity contribution in [1.29, 1.82) is 0 Å². The zero-order valence-electron chi connectivity index (χ0n) is 11.9. The minimum atomic E-state index is -0.213. The van der Waals surface area contributed by atoms with Gasteiger partial charge in [-0.3, -0.25) is 4.79 Å². The van der Waals surface area contributed by atoms with Gasteiger partial charge in [0.05, 0.1) is 0 Å². The molecular weight excluding hydrogens is 288 g/mol. The van der Waals surface area contributed by atoms with Crippen LogP contribution in [0.4, 0.5) is 11.5 Å². The Labute approximate surface area is 128 Å². The molecule has 0 saturated heterocycles. The number of anilines is 2. The lowest BCUT2D eigenvalue weighted by atomic mass is 10.2. The molecule has 6 heteroatoms. The van der Waals surface area contributed by atoms with Crippen LogP contribution in [0, 0.1) is 0 Å². The van der Waals surface area contributed by atoms with E-state index in [1.165, 1.54) is 0 Å². The minimum Gasteiger partial charge on any atom is -0.348 e. The fraction of sp³-hybridized carbons (Fsp3) is 0.267. The van der Waals surface area contributed by atoms with Crippen LogP contribution in [0.5, 0.6) is 0 Å². The van der Waals surface area contributed by atoms with Crippen molar-refractivity contribution in [2.24, 2.45) is 0 Å². The van der Waals surface area contributed by atoms with E-state index in [4.69, 9.17) is 11.6 Å². The van der Waals surface area contributed by atoms with E-state index in [1.54, 1.807) is 24.3 Å². The fourth-order valence-corrected chi connectivity index (χ4v) is 1.73. The maximum absolute atomic E-state index is 11.9. The predicted octanol–water partition coefficient (Wildman–Crippen LogP) is 3.40. The molecule has 0 aliphatic carbocycles. The van der Waals surface area contributed by atoms with Crippen LogP contribution in [0.1, 0.15) is 30.8 Å². The number of rotatable bonds is 5. The highest BCUT2D eigenvalue weighted by Crippen LogP contribution is 2.17. The lowest BCUT2D eigenvalue weighted by molar-refractivity contribution is 0.0933. The van der Waals surface area contributed by atoms with Gasteiger partial charge in [0.15, 0.2) is 11.5 Å². The van der Waals surface area contributed by atoms with Gasteiger partial charge in [-0.1, -0.05) is 18.5 Å². The topological polar surface area (TPSA) is 66.9 Å². The lowest BCUT2D eigenvalue weighted by Gasteiger charge is -2.10. The monoisotopic (exact) mass is 304 g/mol. The molecule has 0 saturated carbocycles. The van der Waals surface area contributed by atoms with E-state index in [0.29, 0.717) is 16.5 Å². The number of carbonyl (C=O) groups excluding carboxylic acids is 1. The van der Waals surface area contributed by atoms with Gasteiger partial charge < -0.3 is 10.6 Å². The van der Waals surface area contributed by atoms with Crippen LogP contribution in [-0.2, 0) is 0 Å². The Balaban J connectivity index is 2.01. The first-order valence-corrected chi connectivity index (χ1v) is 7.13. The number of nitrogens with one attached hydrogen (secondary N) is 2. The number of amides is 1. The Bertz CT molecular complexity index is 598. The van der Waals surface area contributed by atoms with Crippen molar-refractivity contribution in [3.63, 3.8) is 0 Å². The average molecular weight is 305 g/mol. The van der Waals surface area contributed by atoms with Crippen molar-refractivity contribution in [3.8, 4) is 0 Å². The standard InChI is InChI=1S/C15H17ClN4O/c1-3-10(2)17-15(21)13-8-9-14(20-19-13)18-12-6-4-11(16)5-7-12/h4-10H,3H2,1-2H3,(H,17,21)(H,18,20). The van der Waals surface area contributed by atoms with Gasteiger partial charge in [-0.25, -0.2) is 0 Å². The summed E-state index contributed by atoms with van der Waals surface area (Å²) in [6.45, 7) is 3.96. The third-order valence-corrected chi connectivity index (χ3v) is 3.26. The largest absolute Gasteiger partial charge is 0.348 e. The van der Waals surface area contributed by atoms with Crippen LogP contribution in [0.25, 0.3) is 0 Å². The van der Waals surface area contributed by atoms with E-state index in [2.05, 4.69) is 20.8 Å². The van der Waals surface area contributed by atoms with Gasteiger partial charge >= 0.3 is 0 Å². The molecule has 0 radical (unpaired) electrons. The third-order valence-electron chi connectivity index (χ3n) is 3.00. The molecule has 1 amide bonds. The normalized spacial score (nSPS) is 11.8. The number of nitrogens with zero attached hydrogens (tertiary/aromatic N) is 2. The third kappa shape index (κ3) is 4.43. The summed E-state index contributed by atoms with van der Waals surface area (Å²) in [7, 11) is 0. The Morgan fingerprint density at radius 2 is 1.90 bits per heavy atom. The smallest absolute Gasteiger partial charge is 0.272 e. The second-order valence-corrected chi connectivity index (χ2v) is 5.15. The summed E-state index contributed by atoms with van der Waals surface area (Å²) in [5.41, 5.74) is 1.16. The number of halogens is 1. The van der Waals surface area contributed by atoms with Crippen LogP contribution in [-0.4, -0.2) is 22.1 Å². The summed E-state index contributed by atoms with van der Waals surface area (Å²) in [6, 6.07) is 10.7. The highest BCUT2D eigenvalue weighted by atomic mass is 35.5. The molecule has 0 aliphatic rings. The van der Waals surface area contributed by atoms with E-state index < -0.39 is 0 Å². The van der Waals surface area contributed by atoms with Crippen molar-refractivity contribution in [2.75, 3.05) is 5.32 Å². The molecule has 2 N–H and O–H groups in total. The molecule has 1 atom stereocenters. The average Bonchev–Trinajstić information content (AvgIpc) is 2.50. The Hall–Kier alpha value is -2.14. The van der Waals surface area contributed by atoms with E-state index in [0.717, 1.165) is 12.1 Å². The van der Waals surface area contributed by atoms with Crippen molar-refractivity contribution in [1.82, 2.24) is 15.5 Å². The molecule has 1 aromatic carbocycles. The molecule has 2 rings (SSSR count). The maximum atomic E-state index is 11.9. The van der Waals surface area contributed by atoms with Crippen molar-refractivity contribution >= 4 is 29.0 Å². The van der Waals surface area contributed by atoms with E-state index in [1.807, 2.05) is 26.0 Å². The quantitative estimate of drug-likeness (QED) is 0.888. The van der Waals surface area contributed by atoms with Gasteiger partial charge in [0.1, 0.15) is 0 Å². The first-order chi connectivity index (χ1) is 10.1. The zero-order valence-corrected chi connectivity index (χ0v) is 12.7. The summed E-state index contributed by atoms with van der Waals surface area (Å²) in [6.07, 6.45) is 0.870. The predicted molar refractivity (Wildman–Crippen MR) is 84.0 cm³/mol. The second-order valence-electron chi connectivity index (χ2n) is 4.72. The van der Waals surface area contributed by atoms with Gasteiger partial charge in [0.25, 0.3) is 5.91 Å². The van der Waals surface area contributed by atoms with Crippen molar-refractivity contribution in [2.45, 2.75) is 26.3 Å². The second kappa shape index (κ2) is 7.04. The summed E-state index contributed by atoms with van der Waals surface area (Å²) in [5.74, 6) is 0.354. The van der Waals surface area contributed by atoms with Crippen molar-refractivity contribution in [3.05, 3.63) is 47.1 Å². The molecule has 2 aromatic rings. The molecule has 1 aromatic heterocycles. The van der Waals surface area contributed by atoms with Gasteiger partial charge in [-0.2, -0.15) is 0 Å². The summed E-state index contributed by atoms with van der Waals surface area (Å²) in [4.78, 5) is 11.9. The molecule has 110 valence electrons. The first-order valence-electron chi connectivity index (χ1n) is 6.75. The van der Waals surface area contributed by atoms with Gasteiger partial charge in [-0.15, -0.1) is 10.2 Å². The Morgan fingerprint density at radius 1 is 1.19 bits per heavy atom. The summed E-state index contributed by atoms with van der Waals surface area (Å²) < 4.78 is 0. The highest BCUT2D eigenvalue weighted by molar-refractivity contribution is 6.30. The highest BCUT2D eigenvalue weighted by Gasteiger charge is 2.10. The summed E-state index contributed by atoms with van der Waals surface area (Å²) >= 11 is 5.82. The molecule has 21 heavy (non-hydrogen) atoms. The van der Waals surface area contributed by atoms with Crippen LogP contribution < -0.4 is 10.6 Å². The number of benzene rings is 1. The molecule has 0 spiro atoms. The van der Waals surface area contributed by atoms with Gasteiger partial charge in [-0.05, 0) is 49.7 Å². The van der Waals surface area contributed by atoms with Crippen LogP contribution >= 0.6 is 11.6 Å². The SMILES string of the molecule is CCC(C)NC(=O)c1ccc(Nc2ccc(Cl)cc2)nn1.